The summed E-state index contributed by atoms with van der Waals surface area (Å²) in [6, 6.07) is 6.30. The lowest BCUT2D eigenvalue weighted by Crippen LogP contribution is -2.25. The Labute approximate surface area is 129 Å². The number of rotatable bonds is 3. The van der Waals surface area contributed by atoms with Crippen LogP contribution in [-0.4, -0.2) is 34.8 Å². The van der Waals surface area contributed by atoms with E-state index in [2.05, 4.69) is 21.1 Å². The summed E-state index contributed by atoms with van der Waals surface area (Å²) in [6.45, 7) is 4.89. The molecule has 1 fully saturated rings. The first-order valence-electron chi connectivity index (χ1n) is 7.73. The summed E-state index contributed by atoms with van der Waals surface area (Å²) in [6.07, 6.45) is 2.20. The lowest BCUT2D eigenvalue weighted by atomic mass is 10.1. The highest BCUT2D eigenvalue weighted by Crippen LogP contribution is 2.37. The number of hydrogen-bond acceptors (Lipinski definition) is 6. The molecule has 0 bridgehead atoms. The van der Waals surface area contributed by atoms with Crippen molar-refractivity contribution in [2.45, 2.75) is 32.4 Å². The molecule has 1 unspecified atom stereocenters. The number of fused-ring (bicyclic) bond motifs is 1. The van der Waals surface area contributed by atoms with Gasteiger partial charge in [0.15, 0.2) is 17.3 Å². The summed E-state index contributed by atoms with van der Waals surface area (Å²) in [5.74, 6) is 3.13. The van der Waals surface area contributed by atoms with Crippen LogP contribution in [0.2, 0.25) is 0 Å². The predicted molar refractivity (Wildman–Crippen MR) is 78.9 cm³/mol. The fourth-order valence-electron chi connectivity index (χ4n) is 3.24. The topological polar surface area (TPSA) is 60.6 Å². The number of ether oxygens (including phenoxy) is 2. The first-order chi connectivity index (χ1) is 10.8. The molecule has 2 aliphatic rings. The summed E-state index contributed by atoms with van der Waals surface area (Å²) in [7, 11) is 0. The third-order valence-electron chi connectivity index (χ3n) is 4.23. The highest BCUT2D eigenvalue weighted by atomic mass is 16.6. The van der Waals surface area contributed by atoms with Gasteiger partial charge in [0.05, 0.1) is 6.04 Å². The van der Waals surface area contributed by atoms with E-state index in [4.69, 9.17) is 14.0 Å². The third kappa shape index (κ3) is 2.43. The molecule has 3 heterocycles. The van der Waals surface area contributed by atoms with Crippen molar-refractivity contribution in [1.82, 2.24) is 15.0 Å². The van der Waals surface area contributed by atoms with Gasteiger partial charge in [0.25, 0.3) is 0 Å². The minimum Gasteiger partial charge on any atom is -0.486 e. The van der Waals surface area contributed by atoms with E-state index in [9.17, 15) is 0 Å². The van der Waals surface area contributed by atoms with Crippen molar-refractivity contribution >= 4 is 0 Å². The van der Waals surface area contributed by atoms with Crippen molar-refractivity contribution in [3.63, 3.8) is 0 Å². The fraction of sp³-hybridized carbons (Fsp3) is 0.500. The lowest BCUT2D eigenvalue weighted by molar-refractivity contribution is 0.165. The summed E-state index contributed by atoms with van der Waals surface area (Å²) in [4.78, 5) is 6.78. The van der Waals surface area contributed by atoms with Gasteiger partial charge in [-0.15, -0.1) is 0 Å². The Balaban J connectivity index is 1.58. The lowest BCUT2D eigenvalue weighted by Gasteiger charge is -2.25. The number of nitrogens with zero attached hydrogens (tertiary/aromatic N) is 3. The molecular weight excluding hydrogens is 282 g/mol. The minimum atomic E-state index is 0.220. The molecule has 0 radical (unpaired) electrons. The Morgan fingerprint density at radius 3 is 3.05 bits per heavy atom. The van der Waals surface area contributed by atoms with Crippen LogP contribution in [-0.2, 0) is 6.54 Å². The van der Waals surface area contributed by atoms with Gasteiger partial charge in [-0.3, -0.25) is 4.90 Å². The van der Waals surface area contributed by atoms with Crippen LogP contribution in [0.3, 0.4) is 0 Å². The zero-order chi connectivity index (χ0) is 14.9. The molecule has 1 aromatic heterocycles. The largest absolute Gasteiger partial charge is 0.486 e. The van der Waals surface area contributed by atoms with Crippen LogP contribution < -0.4 is 9.47 Å². The van der Waals surface area contributed by atoms with E-state index < -0.39 is 0 Å². The molecule has 4 rings (SSSR count). The van der Waals surface area contributed by atoms with Crippen molar-refractivity contribution < 1.29 is 14.0 Å². The van der Waals surface area contributed by atoms with E-state index in [1.807, 2.05) is 19.1 Å². The van der Waals surface area contributed by atoms with E-state index in [1.165, 1.54) is 0 Å². The summed E-state index contributed by atoms with van der Waals surface area (Å²) < 4.78 is 16.6. The van der Waals surface area contributed by atoms with Crippen LogP contribution in [0.25, 0.3) is 0 Å². The molecule has 6 nitrogen and oxygen atoms in total. The molecule has 116 valence electrons. The smallest absolute Gasteiger partial charge is 0.223 e. The highest BCUT2D eigenvalue weighted by Gasteiger charge is 2.30. The second-order valence-electron chi connectivity index (χ2n) is 5.74. The molecule has 0 N–H and O–H groups in total. The Hall–Kier alpha value is -2.08. The Bertz CT molecular complexity index is 670. The number of hydrogen-bond donors (Lipinski definition) is 0. The van der Waals surface area contributed by atoms with Crippen molar-refractivity contribution in [2.24, 2.45) is 0 Å². The zero-order valence-electron chi connectivity index (χ0n) is 12.6. The van der Waals surface area contributed by atoms with E-state index in [0.717, 1.165) is 48.8 Å². The number of aryl methyl sites for hydroxylation is 1. The standard InChI is InChI=1S/C16H19N3O3/c1-11-17-16(18-22-11)13-5-3-7-19(13)10-12-4-2-6-14-15(12)21-9-8-20-14/h2,4,6,13H,3,5,7-10H2,1H3. The Morgan fingerprint density at radius 1 is 1.27 bits per heavy atom. The fourth-order valence-corrected chi connectivity index (χ4v) is 3.24. The molecule has 0 spiro atoms. The normalized spacial score (nSPS) is 21.2. The molecule has 0 saturated carbocycles. The molecule has 1 saturated heterocycles. The van der Waals surface area contributed by atoms with Crippen LogP contribution in [0.4, 0.5) is 0 Å². The quantitative estimate of drug-likeness (QED) is 0.868. The van der Waals surface area contributed by atoms with Gasteiger partial charge in [-0.2, -0.15) is 4.98 Å². The molecule has 22 heavy (non-hydrogen) atoms. The van der Waals surface area contributed by atoms with Gasteiger partial charge in [0.2, 0.25) is 5.89 Å². The van der Waals surface area contributed by atoms with Crippen LogP contribution in [0.15, 0.2) is 22.7 Å². The van der Waals surface area contributed by atoms with Gasteiger partial charge >= 0.3 is 0 Å². The zero-order valence-corrected chi connectivity index (χ0v) is 12.6. The number of benzene rings is 1. The number of para-hydroxylation sites is 1. The van der Waals surface area contributed by atoms with Gasteiger partial charge in [-0.1, -0.05) is 17.3 Å². The minimum absolute atomic E-state index is 0.220. The van der Waals surface area contributed by atoms with E-state index in [-0.39, 0.29) is 6.04 Å². The maximum atomic E-state index is 5.81. The van der Waals surface area contributed by atoms with Gasteiger partial charge in [-0.05, 0) is 25.5 Å². The molecule has 0 amide bonds. The van der Waals surface area contributed by atoms with Gasteiger partial charge in [0.1, 0.15) is 13.2 Å². The van der Waals surface area contributed by atoms with Crippen LogP contribution in [0, 0.1) is 6.92 Å². The van der Waals surface area contributed by atoms with Crippen LogP contribution in [0.5, 0.6) is 11.5 Å². The summed E-state index contributed by atoms with van der Waals surface area (Å²) in [5.41, 5.74) is 1.16. The average Bonchev–Trinajstić information content (AvgIpc) is 3.16. The molecular formula is C16H19N3O3. The average molecular weight is 301 g/mol. The molecule has 2 aliphatic heterocycles. The van der Waals surface area contributed by atoms with Crippen LogP contribution >= 0.6 is 0 Å². The van der Waals surface area contributed by atoms with E-state index in [0.29, 0.717) is 19.1 Å². The van der Waals surface area contributed by atoms with Gasteiger partial charge in [0, 0.05) is 19.0 Å². The second kappa shape index (κ2) is 5.61. The molecule has 1 atom stereocenters. The maximum Gasteiger partial charge on any atom is 0.223 e. The van der Waals surface area contributed by atoms with E-state index >= 15 is 0 Å². The summed E-state index contributed by atoms with van der Waals surface area (Å²) in [5, 5.41) is 4.09. The van der Waals surface area contributed by atoms with Crippen molar-refractivity contribution in [2.75, 3.05) is 19.8 Å². The molecule has 6 heteroatoms. The second-order valence-corrected chi connectivity index (χ2v) is 5.74. The van der Waals surface area contributed by atoms with Crippen LogP contribution in [0.1, 0.15) is 36.2 Å². The first kappa shape index (κ1) is 13.6. The number of aromatic nitrogens is 2. The van der Waals surface area contributed by atoms with Gasteiger partial charge < -0.3 is 14.0 Å². The molecule has 1 aromatic carbocycles. The van der Waals surface area contributed by atoms with E-state index in [1.54, 1.807) is 0 Å². The Morgan fingerprint density at radius 2 is 2.18 bits per heavy atom. The summed E-state index contributed by atoms with van der Waals surface area (Å²) >= 11 is 0. The van der Waals surface area contributed by atoms with Crippen molar-refractivity contribution in [3.8, 4) is 11.5 Å². The van der Waals surface area contributed by atoms with Crippen molar-refractivity contribution in [1.29, 1.82) is 0 Å². The monoisotopic (exact) mass is 301 g/mol. The first-order valence-corrected chi connectivity index (χ1v) is 7.73. The molecule has 0 aliphatic carbocycles. The SMILES string of the molecule is Cc1nc(C2CCCN2Cc2cccc3c2OCCO3)no1. The number of likely N-dealkylation sites (tertiary alicyclic amines) is 1. The highest BCUT2D eigenvalue weighted by molar-refractivity contribution is 5.47. The Kier molecular flexibility index (Phi) is 3.46. The predicted octanol–water partition coefficient (Wildman–Crippen LogP) is 2.49. The van der Waals surface area contributed by atoms with Gasteiger partial charge in [-0.25, -0.2) is 0 Å². The van der Waals surface area contributed by atoms with Crippen molar-refractivity contribution in [3.05, 3.63) is 35.5 Å². The molecule has 2 aromatic rings. The maximum absolute atomic E-state index is 5.81. The third-order valence-corrected chi connectivity index (χ3v) is 4.23.